The molecule has 108 valence electrons. The fraction of sp³-hybridized carbons (Fsp3) is 0.867. The minimum absolute atomic E-state index is 0.0812. The first-order valence-electron chi connectivity index (χ1n) is 7.64. The number of carbonyl (C=O) groups excluding carboxylic acids is 1. The Labute approximate surface area is 117 Å². The topological polar surface area (TPSA) is 56.1 Å². The SMILES string of the molecule is CCN(CC)C(=O)CC(C#N)NC1CCCCCC1. The number of amides is 1. The first-order chi connectivity index (χ1) is 9.21. The van der Waals surface area contributed by atoms with Gasteiger partial charge >= 0.3 is 0 Å². The van der Waals surface area contributed by atoms with E-state index >= 15 is 0 Å². The van der Waals surface area contributed by atoms with E-state index in [2.05, 4.69) is 11.4 Å². The fourth-order valence-corrected chi connectivity index (χ4v) is 2.75. The Kier molecular flexibility index (Phi) is 7.50. The van der Waals surface area contributed by atoms with Crippen LogP contribution in [-0.4, -0.2) is 36.0 Å². The van der Waals surface area contributed by atoms with Crippen LogP contribution >= 0.6 is 0 Å². The van der Waals surface area contributed by atoms with E-state index in [1.807, 2.05) is 13.8 Å². The summed E-state index contributed by atoms with van der Waals surface area (Å²) in [5.41, 5.74) is 0. The highest BCUT2D eigenvalue weighted by atomic mass is 16.2. The number of nitrogens with one attached hydrogen (secondary N) is 1. The Morgan fingerprint density at radius 3 is 2.32 bits per heavy atom. The number of nitrogens with zero attached hydrogens (tertiary/aromatic N) is 2. The van der Waals surface area contributed by atoms with Crippen LogP contribution < -0.4 is 5.32 Å². The first-order valence-corrected chi connectivity index (χ1v) is 7.64. The van der Waals surface area contributed by atoms with Crippen molar-refractivity contribution in [2.45, 2.75) is 70.9 Å². The summed E-state index contributed by atoms with van der Waals surface area (Å²) in [6.45, 7) is 5.39. The highest BCUT2D eigenvalue weighted by Crippen LogP contribution is 2.18. The summed E-state index contributed by atoms with van der Waals surface area (Å²) in [5, 5.41) is 12.6. The zero-order valence-electron chi connectivity index (χ0n) is 12.3. The number of carbonyl (C=O) groups is 1. The van der Waals surface area contributed by atoms with Crippen LogP contribution in [0.25, 0.3) is 0 Å². The van der Waals surface area contributed by atoms with Crippen LogP contribution in [0.15, 0.2) is 0 Å². The second-order valence-corrected chi connectivity index (χ2v) is 5.31. The van der Waals surface area contributed by atoms with E-state index in [-0.39, 0.29) is 11.9 Å². The lowest BCUT2D eigenvalue weighted by molar-refractivity contribution is -0.131. The summed E-state index contributed by atoms with van der Waals surface area (Å²) in [4.78, 5) is 13.8. The van der Waals surface area contributed by atoms with E-state index in [1.54, 1.807) is 4.90 Å². The highest BCUT2D eigenvalue weighted by Gasteiger charge is 2.21. The average Bonchev–Trinajstić information content (AvgIpc) is 2.68. The molecule has 0 aromatic rings. The molecule has 0 aromatic heterocycles. The molecule has 0 bridgehead atoms. The molecule has 1 saturated carbocycles. The van der Waals surface area contributed by atoms with Crippen LogP contribution in [0.4, 0.5) is 0 Å². The summed E-state index contributed by atoms with van der Waals surface area (Å²) in [6.07, 6.45) is 7.64. The van der Waals surface area contributed by atoms with E-state index < -0.39 is 0 Å². The Morgan fingerprint density at radius 1 is 1.26 bits per heavy atom. The molecular formula is C15H27N3O. The van der Waals surface area contributed by atoms with Gasteiger partial charge in [-0.2, -0.15) is 5.26 Å². The number of hydrogen-bond donors (Lipinski definition) is 1. The molecule has 4 heteroatoms. The minimum Gasteiger partial charge on any atom is -0.343 e. The molecule has 0 heterocycles. The van der Waals surface area contributed by atoms with Crippen LogP contribution in [-0.2, 0) is 4.79 Å². The molecule has 0 aromatic carbocycles. The first kappa shape index (κ1) is 16.0. The standard InChI is InChI=1S/C15H27N3O/c1-3-18(4-2)15(19)11-14(12-16)17-13-9-7-5-6-8-10-13/h13-14,17H,3-11H2,1-2H3. The van der Waals surface area contributed by atoms with Crippen LogP contribution in [0.1, 0.15) is 58.8 Å². The number of hydrogen-bond acceptors (Lipinski definition) is 3. The van der Waals surface area contributed by atoms with Gasteiger partial charge in [-0.05, 0) is 26.7 Å². The Morgan fingerprint density at radius 2 is 1.84 bits per heavy atom. The third-order valence-corrected chi connectivity index (χ3v) is 3.94. The molecule has 1 rings (SSSR count). The van der Waals surface area contributed by atoms with Gasteiger partial charge in [0.05, 0.1) is 12.5 Å². The molecule has 1 atom stereocenters. The van der Waals surface area contributed by atoms with E-state index in [0.29, 0.717) is 12.5 Å². The third-order valence-electron chi connectivity index (χ3n) is 3.94. The Hall–Kier alpha value is -1.08. The second kappa shape index (κ2) is 8.92. The zero-order valence-corrected chi connectivity index (χ0v) is 12.3. The van der Waals surface area contributed by atoms with E-state index in [4.69, 9.17) is 0 Å². The molecular weight excluding hydrogens is 238 g/mol. The van der Waals surface area contributed by atoms with Crippen molar-refractivity contribution < 1.29 is 4.79 Å². The maximum Gasteiger partial charge on any atom is 0.225 e. The normalized spacial score (nSPS) is 18.4. The largest absolute Gasteiger partial charge is 0.343 e. The lowest BCUT2D eigenvalue weighted by atomic mass is 10.1. The minimum atomic E-state index is -0.337. The van der Waals surface area contributed by atoms with Crippen LogP contribution in [0, 0.1) is 11.3 Å². The van der Waals surface area contributed by atoms with Gasteiger partial charge in [-0.1, -0.05) is 25.7 Å². The maximum atomic E-state index is 12.0. The van der Waals surface area contributed by atoms with Gasteiger partial charge in [-0.3, -0.25) is 10.1 Å². The van der Waals surface area contributed by atoms with Crippen LogP contribution in [0.3, 0.4) is 0 Å². The van der Waals surface area contributed by atoms with Crippen molar-refractivity contribution in [3.05, 3.63) is 0 Å². The predicted molar refractivity (Wildman–Crippen MR) is 76.6 cm³/mol. The van der Waals surface area contributed by atoms with Crippen molar-refractivity contribution in [2.24, 2.45) is 0 Å². The van der Waals surface area contributed by atoms with Crippen molar-refractivity contribution in [2.75, 3.05) is 13.1 Å². The van der Waals surface area contributed by atoms with Gasteiger partial charge in [0.15, 0.2) is 0 Å². The molecule has 1 unspecified atom stereocenters. The molecule has 0 radical (unpaired) electrons. The lowest BCUT2D eigenvalue weighted by Gasteiger charge is -2.23. The van der Waals surface area contributed by atoms with Crippen molar-refractivity contribution in [1.82, 2.24) is 10.2 Å². The second-order valence-electron chi connectivity index (χ2n) is 5.31. The quantitative estimate of drug-likeness (QED) is 0.751. The highest BCUT2D eigenvalue weighted by molar-refractivity contribution is 5.77. The molecule has 1 fully saturated rings. The summed E-state index contributed by atoms with van der Waals surface area (Å²) in [6, 6.07) is 2.32. The van der Waals surface area contributed by atoms with Gasteiger partial charge in [0.1, 0.15) is 6.04 Å². The molecule has 0 aliphatic heterocycles. The molecule has 0 spiro atoms. The van der Waals surface area contributed by atoms with Gasteiger partial charge in [0.2, 0.25) is 5.91 Å². The van der Waals surface area contributed by atoms with Gasteiger partial charge in [-0.15, -0.1) is 0 Å². The molecule has 1 aliphatic rings. The van der Waals surface area contributed by atoms with Crippen molar-refractivity contribution >= 4 is 5.91 Å². The third kappa shape index (κ3) is 5.61. The van der Waals surface area contributed by atoms with E-state index in [1.165, 1.54) is 25.7 Å². The molecule has 1 aliphatic carbocycles. The number of nitriles is 1. The van der Waals surface area contributed by atoms with Gasteiger partial charge in [0.25, 0.3) is 0 Å². The Bertz CT molecular complexity index is 299. The number of rotatable bonds is 6. The summed E-state index contributed by atoms with van der Waals surface area (Å²) >= 11 is 0. The smallest absolute Gasteiger partial charge is 0.225 e. The van der Waals surface area contributed by atoms with Crippen molar-refractivity contribution in [1.29, 1.82) is 5.26 Å². The monoisotopic (exact) mass is 265 g/mol. The lowest BCUT2D eigenvalue weighted by Crippen LogP contribution is -2.41. The summed E-state index contributed by atoms with van der Waals surface area (Å²) in [7, 11) is 0. The fourth-order valence-electron chi connectivity index (χ4n) is 2.75. The van der Waals surface area contributed by atoms with Gasteiger partial charge in [0, 0.05) is 19.1 Å². The van der Waals surface area contributed by atoms with Crippen molar-refractivity contribution in [3.63, 3.8) is 0 Å². The van der Waals surface area contributed by atoms with Crippen molar-refractivity contribution in [3.8, 4) is 6.07 Å². The summed E-state index contributed by atoms with van der Waals surface area (Å²) in [5.74, 6) is 0.0812. The van der Waals surface area contributed by atoms with Crippen LogP contribution in [0.5, 0.6) is 0 Å². The van der Waals surface area contributed by atoms with E-state index in [9.17, 15) is 10.1 Å². The maximum absolute atomic E-state index is 12.0. The van der Waals surface area contributed by atoms with Gasteiger partial charge in [-0.25, -0.2) is 0 Å². The van der Waals surface area contributed by atoms with Gasteiger partial charge < -0.3 is 4.90 Å². The average molecular weight is 265 g/mol. The molecule has 19 heavy (non-hydrogen) atoms. The zero-order chi connectivity index (χ0) is 14.1. The van der Waals surface area contributed by atoms with E-state index in [0.717, 1.165) is 25.9 Å². The Balaban J connectivity index is 2.44. The molecule has 0 saturated heterocycles. The molecule has 1 N–H and O–H groups in total. The predicted octanol–water partition coefficient (Wildman–Crippen LogP) is 2.45. The van der Waals surface area contributed by atoms with Crippen LogP contribution in [0.2, 0.25) is 0 Å². The molecule has 4 nitrogen and oxygen atoms in total. The molecule has 1 amide bonds. The summed E-state index contributed by atoms with van der Waals surface area (Å²) < 4.78 is 0.